The minimum absolute atomic E-state index is 0.0960. The number of carbonyl (C=O) groups is 1. The molecule has 1 aromatic heterocycles. The number of amides is 1. The zero-order valence-electron chi connectivity index (χ0n) is 11.9. The summed E-state index contributed by atoms with van der Waals surface area (Å²) in [5, 5.41) is 16.2. The van der Waals surface area contributed by atoms with Crippen molar-refractivity contribution in [2.45, 2.75) is 39.7 Å². The molecule has 0 aromatic carbocycles. The molecule has 106 valence electrons. The van der Waals surface area contributed by atoms with Crippen molar-refractivity contribution in [2.75, 3.05) is 6.54 Å². The SMILES string of the molecule is CCCC(O)CNC(=O)c1c(C)c(C)nn(C)c1=O. The van der Waals surface area contributed by atoms with Gasteiger partial charge in [0.2, 0.25) is 0 Å². The normalized spacial score (nSPS) is 12.3. The van der Waals surface area contributed by atoms with Crippen molar-refractivity contribution in [1.82, 2.24) is 15.1 Å². The number of aliphatic hydroxyl groups excluding tert-OH is 1. The molecular formula is C13H21N3O3. The van der Waals surface area contributed by atoms with Crippen LogP contribution >= 0.6 is 0 Å². The van der Waals surface area contributed by atoms with Crippen molar-refractivity contribution in [2.24, 2.45) is 7.05 Å². The fourth-order valence-corrected chi connectivity index (χ4v) is 1.85. The van der Waals surface area contributed by atoms with Gasteiger partial charge in [-0.2, -0.15) is 5.10 Å². The number of aryl methyl sites for hydroxylation is 2. The third-order valence-corrected chi connectivity index (χ3v) is 3.07. The van der Waals surface area contributed by atoms with Crippen LogP contribution in [0, 0.1) is 13.8 Å². The monoisotopic (exact) mass is 267 g/mol. The number of carbonyl (C=O) groups excluding carboxylic acids is 1. The molecule has 0 aliphatic carbocycles. The van der Waals surface area contributed by atoms with E-state index in [4.69, 9.17) is 0 Å². The van der Waals surface area contributed by atoms with Gasteiger partial charge in [-0.1, -0.05) is 13.3 Å². The minimum Gasteiger partial charge on any atom is -0.391 e. The molecule has 0 bridgehead atoms. The zero-order valence-corrected chi connectivity index (χ0v) is 11.9. The lowest BCUT2D eigenvalue weighted by Crippen LogP contribution is -2.38. The van der Waals surface area contributed by atoms with Crippen molar-refractivity contribution < 1.29 is 9.90 Å². The standard InChI is InChI=1S/C13H21N3O3/c1-5-6-10(17)7-14-12(18)11-8(2)9(3)15-16(4)13(11)19/h10,17H,5-7H2,1-4H3,(H,14,18). The van der Waals surface area contributed by atoms with Gasteiger partial charge in [0.25, 0.3) is 11.5 Å². The van der Waals surface area contributed by atoms with Crippen LogP contribution in [0.2, 0.25) is 0 Å². The highest BCUT2D eigenvalue weighted by Crippen LogP contribution is 2.05. The van der Waals surface area contributed by atoms with E-state index in [1.807, 2.05) is 6.92 Å². The van der Waals surface area contributed by atoms with Gasteiger partial charge in [-0.15, -0.1) is 0 Å². The predicted molar refractivity (Wildman–Crippen MR) is 72.2 cm³/mol. The van der Waals surface area contributed by atoms with E-state index in [0.29, 0.717) is 17.7 Å². The average molecular weight is 267 g/mol. The lowest BCUT2D eigenvalue weighted by Gasteiger charge is -2.13. The minimum atomic E-state index is -0.582. The molecule has 0 radical (unpaired) electrons. The van der Waals surface area contributed by atoms with Gasteiger partial charge in [-0.25, -0.2) is 4.68 Å². The van der Waals surface area contributed by atoms with Gasteiger partial charge < -0.3 is 10.4 Å². The van der Waals surface area contributed by atoms with Crippen molar-refractivity contribution in [3.8, 4) is 0 Å². The van der Waals surface area contributed by atoms with E-state index in [1.165, 1.54) is 7.05 Å². The van der Waals surface area contributed by atoms with Crippen LogP contribution in [0.4, 0.5) is 0 Å². The van der Waals surface area contributed by atoms with Gasteiger partial charge in [0.05, 0.1) is 11.8 Å². The first-order valence-corrected chi connectivity index (χ1v) is 6.39. The van der Waals surface area contributed by atoms with E-state index in [-0.39, 0.29) is 12.1 Å². The Labute approximate surface area is 112 Å². The molecule has 1 aromatic rings. The smallest absolute Gasteiger partial charge is 0.279 e. The number of nitrogens with one attached hydrogen (secondary N) is 1. The molecule has 6 heteroatoms. The largest absolute Gasteiger partial charge is 0.391 e. The lowest BCUT2D eigenvalue weighted by molar-refractivity contribution is 0.0907. The Morgan fingerprint density at radius 3 is 2.68 bits per heavy atom. The van der Waals surface area contributed by atoms with Gasteiger partial charge in [0.15, 0.2) is 0 Å². The average Bonchev–Trinajstić information content (AvgIpc) is 2.35. The molecule has 6 nitrogen and oxygen atoms in total. The fraction of sp³-hybridized carbons (Fsp3) is 0.615. The number of hydrogen-bond donors (Lipinski definition) is 2. The van der Waals surface area contributed by atoms with E-state index in [0.717, 1.165) is 11.1 Å². The van der Waals surface area contributed by atoms with Crippen LogP contribution < -0.4 is 10.9 Å². The zero-order chi connectivity index (χ0) is 14.6. The molecule has 1 heterocycles. The Kier molecular flexibility index (Phi) is 5.23. The fourth-order valence-electron chi connectivity index (χ4n) is 1.85. The summed E-state index contributed by atoms with van der Waals surface area (Å²) in [6, 6.07) is 0. The van der Waals surface area contributed by atoms with Crippen molar-refractivity contribution in [1.29, 1.82) is 0 Å². The van der Waals surface area contributed by atoms with Gasteiger partial charge >= 0.3 is 0 Å². The molecule has 2 N–H and O–H groups in total. The number of hydrogen-bond acceptors (Lipinski definition) is 4. The van der Waals surface area contributed by atoms with E-state index in [1.54, 1.807) is 13.8 Å². The lowest BCUT2D eigenvalue weighted by atomic mass is 10.1. The van der Waals surface area contributed by atoms with Crippen LogP contribution in [-0.2, 0) is 7.05 Å². The molecule has 0 spiro atoms. The molecule has 1 unspecified atom stereocenters. The van der Waals surface area contributed by atoms with E-state index < -0.39 is 17.6 Å². The van der Waals surface area contributed by atoms with Crippen LogP contribution in [0.15, 0.2) is 4.79 Å². The van der Waals surface area contributed by atoms with Gasteiger partial charge in [-0.3, -0.25) is 9.59 Å². The molecule has 19 heavy (non-hydrogen) atoms. The maximum absolute atomic E-state index is 12.0. The number of nitrogens with zero attached hydrogens (tertiary/aromatic N) is 2. The van der Waals surface area contributed by atoms with Gasteiger partial charge in [-0.05, 0) is 25.8 Å². The summed E-state index contributed by atoms with van der Waals surface area (Å²) < 4.78 is 1.15. The van der Waals surface area contributed by atoms with E-state index >= 15 is 0 Å². The van der Waals surface area contributed by atoms with Crippen molar-refractivity contribution in [3.05, 3.63) is 27.2 Å². The number of aliphatic hydroxyl groups is 1. The summed E-state index contributed by atoms with van der Waals surface area (Å²) in [6.45, 7) is 5.55. The molecule has 0 saturated heterocycles. The van der Waals surface area contributed by atoms with Crippen molar-refractivity contribution in [3.63, 3.8) is 0 Å². The van der Waals surface area contributed by atoms with Crippen molar-refractivity contribution >= 4 is 5.91 Å². The second-order valence-corrected chi connectivity index (χ2v) is 4.67. The maximum Gasteiger partial charge on any atom is 0.279 e. The van der Waals surface area contributed by atoms with Crippen LogP contribution in [0.25, 0.3) is 0 Å². The third-order valence-electron chi connectivity index (χ3n) is 3.07. The molecule has 0 aliphatic rings. The summed E-state index contributed by atoms with van der Waals surface area (Å²) in [4.78, 5) is 24.0. The van der Waals surface area contributed by atoms with Gasteiger partial charge in [0.1, 0.15) is 5.56 Å². The number of rotatable bonds is 5. The van der Waals surface area contributed by atoms with Crippen LogP contribution in [0.3, 0.4) is 0 Å². The Morgan fingerprint density at radius 2 is 2.11 bits per heavy atom. The highest BCUT2D eigenvalue weighted by Gasteiger charge is 2.18. The summed E-state index contributed by atoms with van der Waals surface area (Å²) in [7, 11) is 1.51. The first kappa shape index (κ1) is 15.4. The summed E-state index contributed by atoms with van der Waals surface area (Å²) >= 11 is 0. The topological polar surface area (TPSA) is 84.2 Å². The summed E-state index contributed by atoms with van der Waals surface area (Å²) in [6.07, 6.45) is 0.875. The van der Waals surface area contributed by atoms with E-state index in [9.17, 15) is 14.7 Å². The molecule has 0 saturated carbocycles. The molecule has 0 aliphatic heterocycles. The number of aromatic nitrogens is 2. The molecule has 1 rings (SSSR count). The summed E-state index contributed by atoms with van der Waals surface area (Å²) in [5.74, 6) is -0.459. The van der Waals surface area contributed by atoms with Gasteiger partial charge in [0, 0.05) is 13.6 Å². The molecule has 1 amide bonds. The Hall–Kier alpha value is -1.69. The van der Waals surface area contributed by atoms with E-state index in [2.05, 4.69) is 10.4 Å². The van der Waals surface area contributed by atoms with Crippen LogP contribution in [-0.4, -0.2) is 33.4 Å². The predicted octanol–water partition coefficient (Wildman–Crippen LogP) is 0.288. The first-order chi connectivity index (χ1) is 8.88. The highest BCUT2D eigenvalue weighted by atomic mass is 16.3. The van der Waals surface area contributed by atoms with Crippen LogP contribution in [0.1, 0.15) is 41.4 Å². The Morgan fingerprint density at radius 1 is 1.47 bits per heavy atom. The second-order valence-electron chi connectivity index (χ2n) is 4.67. The molecule has 0 fully saturated rings. The summed E-state index contributed by atoms with van der Waals surface area (Å²) in [5.41, 5.74) is 0.885. The second kappa shape index (κ2) is 6.47. The molecular weight excluding hydrogens is 246 g/mol. The Bertz CT molecular complexity index is 523. The third kappa shape index (κ3) is 3.64. The maximum atomic E-state index is 12.0. The highest BCUT2D eigenvalue weighted by molar-refractivity contribution is 5.95. The van der Waals surface area contributed by atoms with Crippen LogP contribution in [0.5, 0.6) is 0 Å². The quantitative estimate of drug-likeness (QED) is 0.803. The first-order valence-electron chi connectivity index (χ1n) is 6.39. The molecule has 1 atom stereocenters. The Balaban J connectivity index is 2.92.